The van der Waals surface area contributed by atoms with Crippen LogP contribution in [0.25, 0.3) is 16.7 Å². The second-order valence-corrected chi connectivity index (χ2v) is 7.37. The largest absolute Gasteiger partial charge is 0.460 e. The molecule has 31 heavy (non-hydrogen) atoms. The van der Waals surface area contributed by atoms with E-state index < -0.39 is 5.97 Å². The Bertz CT molecular complexity index is 1230. The molecule has 0 saturated heterocycles. The minimum atomic E-state index is -0.537. The fraction of sp³-hybridized carbons (Fsp3) is 0.240. The number of carbonyl (C=O) groups is 1. The summed E-state index contributed by atoms with van der Waals surface area (Å²) in [4.78, 5) is 21.7. The van der Waals surface area contributed by atoms with E-state index in [1.54, 1.807) is 6.92 Å². The fourth-order valence-electron chi connectivity index (χ4n) is 3.69. The number of aryl methyl sites for hydroxylation is 2. The van der Waals surface area contributed by atoms with Crippen LogP contribution in [0.3, 0.4) is 0 Å². The molecule has 0 unspecified atom stereocenters. The summed E-state index contributed by atoms with van der Waals surface area (Å²) in [5.74, 6) is 0.0918. The third-order valence-corrected chi connectivity index (χ3v) is 5.45. The number of anilines is 2. The third kappa shape index (κ3) is 3.89. The molecule has 2 aromatic carbocycles. The van der Waals surface area contributed by atoms with Crippen molar-refractivity contribution in [2.75, 3.05) is 11.9 Å². The molecular weight excluding hydrogens is 388 g/mol. The first-order chi connectivity index (χ1) is 15.0. The van der Waals surface area contributed by atoms with Crippen molar-refractivity contribution in [2.24, 2.45) is 0 Å². The van der Waals surface area contributed by atoms with E-state index in [0.29, 0.717) is 11.5 Å². The van der Waals surface area contributed by atoms with E-state index in [1.165, 1.54) is 5.56 Å². The van der Waals surface area contributed by atoms with Gasteiger partial charge in [0.05, 0.1) is 12.0 Å². The van der Waals surface area contributed by atoms with Gasteiger partial charge in [-0.05, 0) is 62.6 Å². The lowest BCUT2D eigenvalue weighted by Gasteiger charge is -2.11. The molecule has 0 spiro atoms. The molecule has 0 amide bonds. The minimum Gasteiger partial charge on any atom is -0.460 e. The Morgan fingerprint density at radius 1 is 1.00 bits per heavy atom. The number of ether oxygens (including phenoxy) is 1. The van der Waals surface area contributed by atoms with E-state index in [1.807, 2.05) is 49.4 Å². The molecule has 0 aliphatic carbocycles. The molecule has 0 bridgehead atoms. The monoisotopic (exact) mass is 414 g/mol. The summed E-state index contributed by atoms with van der Waals surface area (Å²) >= 11 is 0. The van der Waals surface area contributed by atoms with Gasteiger partial charge in [0, 0.05) is 17.1 Å². The van der Waals surface area contributed by atoms with Crippen molar-refractivity contribution in [3.8, 4) is 5.69 Å². The van der Waals surface area contributed by atoms with Crippen LogP contribution in [0.1, 0.15) is 41.3 Å². The highest BCUT2D eigenvalue weighted by molar-refractivity contribution is 5.97. The van der Waals surface area contributed by atoms with E-state index in [0.717, 1.165) is 34.4 Å². The van der Waals surface area contributed by atoms with Gasteiger partial charge in [-0.3, -0.25) is 4.57 Å². The summed E-state index contributed by atoms with van der Waals surface area (Å²) in [6, 6.07) is 18.2. The third-order valence-electron chi connectivity index (χ3n) is 5.45. The van der Waals surface area contributed by atoms with Crippen molar-refractivity contribution < 1.29 is 9.53 Å². The van der Waals surface area contributed by atoms with Gasteiger partial charge in [0.1, 0.15) is 5.82 Å². The maximum absolute atomic E-state index is 12.5. The molecule has 158 valence electrons. The van der Waals surface area contributed by atoms with Crippen LogP contribution < -0.4 is 5.32 Å². The summed E-state index contributed by atoms with van der Waals surface area (Å²) in [5.41, 5.74) is 5.91. The van der Waals surface area contributed by atoms with E-state index >= 15 is 0 Å². The van der Waals surface area contributed by atoms with Crippen molar-refractivity contribution in [1.82, 2.24) is 14.5 Å². The van der Waals surface area contributed by atoms with Gasteiger partial charge in [0.15, 0.2) is 5.65 Å². The average molecular weight is 415 g/mol. The van der Waals surface area contributed by atoms with Crippen LogP contribution in [-0.4, -0.2) is 27.1 Å². The molecule has 6 nitrogen and oxygen atoms in total. The van der Waals surface area contributed by atoms with Gasteiger partial charge in [0.2, 0.25) is 5.82 Å². The Balaban J connectivity index is 1.94. The summed E-state index contributed by atoms with van der Waals surface area (Å²) < 4.78 is 7.25. The van der Waals surface area contributed by atoms with E-state index in [-0.39, 0.29) is 12.4 Å². The fourth-order valence-corrected chi connectivity index (χ4v) is 3.69. The lowest BCUT2D eigenvalue weighted by Crippen LogP contribution is -2.12. The number of nitrogens with zero attached hydrogens (tertiary/aromatic N) is 3. The van der Waals surface area contributed by atoms with Gasteiger partial charge in [-0.15, -0.1) is 0 Å². The van der Waals surface area contributed by atoms with Crippen molar-refractivity contribution in [2.45, 2.75) is 34.1 Å². The number of nitrogens with one attached hydrogen (secondary N) is 1. The number of para-hydroxylation sites is 1. The first-order valence-corrected chi connectivity index (χ1v) is 10.5. The highest BCUT2D eigenvalue weighted by atomic mass is 16.5. The standard InChI is InChI=1S/C25H26N4O2/c1-5-18-12-14-19(15-13-18)26-22-21-16(3)17(4)29(20-10-8-7-9-11-20)24(21)28-23(27-22)25(30)31-6-2/h7-15H,5-6H2,1-4H3,(H,26,27,28). The van der Waals surface area contributed by atoms with Crippen LogP contribution in [-0.2, 0) is 11.2 Å². The molecule has 4 aromatic rings. The van der Waals surface area contributed by atoms with Crippen molar-refractivity contribution in [3.63, 3.8) is 0 Å². The van der Waals surface area contributed by atoms with Crippen molar-refractivity contribution in [3.05, 3.63) is 77.2 Å². The van der Waals surface area contributed by atoms with Gasteiger partial charge in [-0.1, -0.05) is 37.3 Å². The Morgan fingerprint density at radius 3 is 2.35 bits per heavy atom. The summed E-state index contributed by atoms with van der Waals surface area (Å²) in [6.45, 7) is 8.26. The van der Waals surface area contributed by atoms with Gasteiger partial charge < -0.3 is 10.1 Å². The van der Waals surface area contributed by atoms with Gasteiger partial charge in [0.25, 0.3) is 0 Å². The van der Waals surface area contributed by atoms with Crippen LogP contribution in [0.2, 0.25) is 0 Å². The Kier molecular flexibility index (Phi) is 5.71. The smallest absolute Gasteiger partial charge is 0.376 e. The van der Waals surface area contributed by atoms with E-state index in [4.69, 9.17) is 4.74 Å². The van der Waals surface area contributed by atoms with Gasteiger partial charge >= 0.3 is 5.97 Å². The second-order valence-electron chi connectivity index (χ2n) is 7.37. The number of benzene rings is 2. The number of aromatic nitrogens is 3. The minimum absolute atomic E-state index is 0.0386. The quantitative estimate of drug-likeness (QED) is 0.421. The molecule has 1 N–H and O–H groups in total. The summed E-state index contributed by atoms with van der Waals surface area (Å²) in [7, 11) is 0. The number of hydrogen-bond donors (Lipinski definition) is 1. The first kappa shape index (κ1) is 20.6. The average Bonchev–Trinajstić information content (AvgIpc) is 3.05. The van der Waals surface area contributed by atoms with Gasteiger partial charge in [-0.2, -0.15) is 0 Å². The maximum atomic E-state index is 12.5. The van der Waals surface area contributed by atoms with E-state index in [9.17, 15) is 4.79 Å². The molecule has 0 aliphatic rings. The number of fused-ring (bicyclic) bond motifs is 1. The van der Waals surface area contributed by atoms with Crippen LogP contribution >= 0.6 is 0 Å². The molecule has 0 aliphatic heterocycles. The number of carbonyl (C=O) groups excluding carboxylic acids is 1. The molecule has 0 saturated carbocycles. The molecule has 0 radical (unpaired) electrons. The van der Waals surface area contributed by atoms with Crippen LogP contribution in [0.5, 0.6) is 0 Å². The van der Waals surface area contributed by atoms with Crippen molar-refractivity contribution in [1.29, 1.82) is 0 Å². The van der Waals surface area contributed by atoms with Crippen LogP contribution in [0.4, 0.5) is 11.5 Å². The zero-order valence-electron chi connectivity index (χ0n) is 18.3. The number of hydrogen-bond acceptors (Lipinski definition) is 5. The molecule has 0 atom stereocenters. The Morgan fingerprint density at radius 2 is 1.71 bits per heavy atom. The predicted octanol–water partition coefficient (Wildman–Crippen LogP) is 5.52. The first-order valence-electron chi connectivity index (χ1n) is 10.5. The second kappa shape index (κ2) is 8.60. The lowest BCUT2D eigenvalue weighted by atomic mass is 10.1. The maximum Gasteiger partial charge on any atom is 0.376 e. The highest BCUT2D eigenvalue weighted by Crippen LogP contribution is 2.33. The molecule has 4 rings (SSSR count). The normalized spacial score (nSPS) is 11.0. The zero-order chi connectivity index (χ0) is 22.0. The lowest BCUT2D eigenvalue weighted by molar-refractivity contribution is 0.0512. The molecule has 0 fully saturated rings. The SMILES string of the molecule is CCOC(=O)c1nc(Nc2ccc(CC)cc2)c2c(C)c(C)n(-c3ccccc3)c2n1. The number of esters is 1. The molecular formula is C25H26N4O2. The Labute approximate surface area is 181 Å². The molecule has 2 aromatic heterocycles. The van der Waals surface area contributed by atoms with Gasteiger partial charge in [-0.25, -0.2) is 14.8 Å². The molecule has 2 heterocycles. The van der Waals surface area contributed by atoms with E-state index in [2.05, 4.69) is 45.8 Å². The predicted molar refractivity (Wildman–Crippen MR) is 123 cm³/mol. The van der Waals surface area contributed by atoms with Crippen LogP contribution in [0, 0.1) is 13.8 Å². The summed E-state index contributed by atoms with van der Waals surface area (Å²) in [5, 5.41) is 4.28. The summed E-state index contributed by atoms with van der Waals surface area (Å²) in [6.07, 6.45) is 0.975. The zero-order valence-corrected chi connectivity index (χ0v) is 18.3. The molecule has 6 heteroatoms. The topological polar surface area (TPSA) is 69.0 Å². The number of rotatable bonds is 6. The highest BCUT2D eigenvalue weighted by Gasteiger charge is 2.22. The van der Waals surface area contributed by atoms with Crippen LogP contribution in [0.15, 0.2) is 54.6 Å². The Hall–Kier alpha value is -3.67. The van der Waals surface area contributed by atoms with Crippen molar-refractivity contribution >= 4 is 28.5 Å².